The minimum absolute atomic E-state index is 0.241. The Labute approximate surface area is 137 Å². The van der Waals surface area contributed by atoms with E-state index in [1.54, 1.807) is 38.5 Å². The van der Waals surface area contributed by atoms with Crippen molar-refractivity contribution in [3.8, 4) is 5.75 Å². The van der Waals surface area contributed by atoms with Gasteiger partial charge >= 0.3 is 0 Å². The van der Waals surface area contributed by atoms with Gasteiger partial charge in [-0.25, -0.2) is 8.42 Å². The van der Waals surface area contributed by atoms with E-state index in [4.69, 9.17) is 9.47 Å². The molecule has 0 heterocycles. The molecular formula is C17H21NO4S. The highest BCUT2D eigenvalue weighted by Gasteiger charge is 2.24. The lowest BCUT2D eigenvalue weighted by molar-refractivity contribution is 0.177. The van der Waals surface area contributed by atoms with E-state index in [1.165, 1.54) is 4.31 Å². The van der Waals surface area contributed by atoms with Gasteiger partial charge in [-0.15, -0.1) is 0 Å². The van der Waals surface area contributed by atoms with Gasteiger partial charge in [0.1, 0.15) is 5.75 Å². The molecule has 0 aromatic heterocycles. The van der Waals surface area contributed by atoms with E-state index in [1.807, 2.05) is 30.3 Å². The topological polar surface area (TPSA) is 55.8 Å². The van der Waals surface area contributed by atoms with E-state index in [2.05, 4.69) is 0 Å². The van der Waals surface area contributed by atoms with Gasteiger partial charge in [-0.1, -0.05) is 30.3 Å². The average Bonchev–Trinajstić information content (AvgIpc) is 2.59. The van der Waals surface area contributed by atoms with Crippen LogP contribution < -0.4 is 4.74 Å². The molecule has 0 spiro atoms. The standard InChI is InChI=1S/C17H21NO4S/c1-21-13-12-18(14-15-6-4-3-5-7-15)23(19,20)17-10-8-16(22-2)9-11-17/h3-11H,12-14H2,1-2H3. The van der Waals surface area contributed by atoms with E-state index in [0.29, 0.717) is 25.4 Å². The molecule has 0 amide bonds. The molecule has 0 bridgehead atoms. The molecule has 0 aliphatic rings. The summed E-state index contributed by atoms with van der Waals surface area (Å²) >= 11 is 0. The molecule has 6 heteroatoms. The van der Waals surface area contributed by atoms with Crippen LogP contribution in [0.1, 0.15) is 5.56 Å². The largest absolute Gasteiger partial charge is 0.497 e. The first-order valence-corrected chi connectivity index (χ1v) is 8.69. The predicted octanol–water partition coefficient (Wildman–Crippen LogP) is 2.53. The maximum absolute atomic E-state index is 12.9. The van der Waals surface area contributed by atoms with Gasteiger partial charge in [-0.05, 0) is 29.8 Å². The minimum Gasteiger partial charge on any atom is -0.497 e. The van der Waals surface area contributed by atoms with Crippen LogP contribution in [0.15, 0.2) is 59.5 Å². The molecule has 0 radical (unpaired) electrons. The monoisotopic (exact) mass is 335 g/mol. The van der Waals surface area contributed by atoms with Crippen molar-refractivity contribution in [1.29, 1.82) is 0 Å². The highest BCUT2D eigenvalue weighted by molar-refractivity contribution is 7.89. The Balaban J connectivity index is 2.27. The van der Waals surface area contributed by atoms with Crippen molar-refractivity contribution in [1.82, 2.24) is 4.31 Å². The van der Waals surface area contributed by atoms with E-state index < -0.39 is 10.0 Å². The molecule has 2 aromatic rings. The van der Waals surface area contributed by atoms with Crippen LogP contribution in [0.25, 0.3) is 0 Å². The van der Waals surface area contributed by atoms with Crippen LogP contribution in [0.2, 0.25) is 0 Å². The van der Waals surface area contributed by atoms with Gasteiger partial charge in [0.05, 0.1) is 18.6 Å². The van der Waals surface area contributed by atoms with Crippen LogP contribution in [0.3, 0.4) is 0 Å². The zero-order valence-electron chi connectivity index (χ0n) is 13.3. The fourth-order valence-electron chi connectivity index (χ4n) is 2.16. The van der Waals surface area contributed by atoms with Gasteiger partial charge < -0.3 is 9.47 Å². The van der Waals surface area contributed by atoms with Crippen LogP contribution >= 0.6 is 0 Å². The summed E-state index contributed by atoms with van der Waals surface area (Å²) in [6, 6.07) is 15.9. The summed E-state index contributed by atoms with van der Waals surface area (Å²) in [5.41, 5.74) is 0.931. The Hall–Kier alpha value is -1.89. The molecule has 0 atom stereocenters. The Morgan fingerprint density at radius 2 is 1.61 bits per heavy atom. The summed E-state index contributed by atoms with van der Waals surface area (Å²) < 4.78 is 37.3. The summed E-state index contributed by atoms with van der Waals surface area (Å²) in [5.74, 6) is 0.621. The molecule has 2 aromatic carbocycles. The lowest BCUT2D eigenvalue weighted by Gasteiger charge is -2.22. The number of ether oxygens (including phenoxy) is 2. The third-order valence-electron chi connectivity index (χ3n) is 3.44. The zero-order chi connectivity index (χ0) is 16.7. The second-order valence-electron chi connectivity index (χ2n) is 4.99. The second kappa shape index (κ2) is 8.10. The second-order valence-corrected chi connectivity index (χ2v) is 6.93. The van der Waals surface area contributed by atoms with Crippen molar-refractivity contribution in [2.75, 3.05) is 27.4 Å². The van der Waals surface area contributed by atoms with Crippen molar-refractivity contribution in [3.63, 3.8) is 0 Å². The molecule has 2 rings (SSSR count). The first-order chi connectivity index (χ1) is 11.1. The van der Waals surface area contributed by atoms with Crippen molar-refractivity contribution < 1.29 is 17.9 Å². The average molecular weight is 335 g/mol. The molecule has 0 aliphatic carbocycles. The van der Waals surface area contributed by atoms with Crippen molar-refractivity contribution >= 4 is 10.0 Å². The van der Waals surface area contributed by atoms with Crippen molar-refractivity contribution in [3.05, 3.63) is 60.2 Å². The zero-order valence-corrected chi connectivity index (χ0v) is 14.1. The summed E-state index contributed by atoms with van der Waals surface area (Å²) in [5, 5.41) is 0. The minimum atomic E-state index is -3.60. The van der Waals surface area contributed by atoms with Crippen LogP contribution in [-0.4, -0.2) is 40.1 Å². The highest BCUT2D eigenvalue weighted by Crippen LogP contribution is 2.21. The summed E-state index contributed by atoms with van der Waals surface area (Å²) in [6.45, 7) is 0.931. The van der Waals surface area contributed by atoms with Gasteiger partial charge in [-0.2, -0.15) is 4.31 Å². The highest BCUT2D eigenvalue weighted by atomic mass is 32.2. The number of sulfonamides is 1. The molecule has 5 nitrogen and oxygen atoms in total. The summed E-state index contributed by atoms with van der Waals surface area (Å²) in [6.07, 6.45) is 0. The molecule has 23 heavy (non-hydrogen) atoms. The Bertz CT molecular complexity index is 699. The molecule has 0 aliphatic heterocycles. The van der Waals surface area contributed by atoms with E-state index in [9.17, 15) is 8.42 Å². The molecule has 0 unspecified atom stereocenters. The van der Waals surface area contributed by atoms with Gasteiger partial charge in [-0.3, -0.25) is 0 Å². The third kappa shape index (κ3) is 4.54. The van der Waals surface area contributed by atoms with Crippen molar-refractivity contribution in [2.24, 2.45) is 0 Å². The molecule has 0 saturated heterocycles. The number of hydrogen-bond donors (Lipinski definition) is 0. The van der Waals surface area contributed by atoms with E-state index >= 15 is 0 Å². The number of benzene rings is 2. The molecular weight excluding hydrogens is 314 g/mol. The predicted molar refractivity (Wildman–Crippen MR) is 88.9 cm³/mol. The fourth-order valence-corrected chi connectivity index (χ4v) is 3.57. The first kappa shape index (κ1) is 17.5. The lowest BCUT2D eigenvalue weighted by Crippen LogP contribution is -2.33. The number of methoxy groups -OCH3 is 2. The summed E-state index contributed by atoms with van der Waals surface area (Å²) in [7, 11) is -0.497. The third-order valence-corrected chi connectivity index (χ3v) is 5.30. The van der Waals surface area contributed by atoms with Gasteiger partial charge in [0.2, 0.25) is 10.0 Å². The maximum atomic E-state index is 12.9. The van der Waals surface area contributed by atoms with Gasteiger partial charge in [0, 0.05) is 20.2 Å². The number of nitrogens with zero attached hydrogens (tertiary/aromatic N) is 1. The van der Waals surface area contributed by atoms with E-state index in [0.717, 1.165) is 5.56 Å². The van der Waals surface area contributed by atoms with Gasteiger partial charge in [0.15, 0.2) is 0 Å². The number of rotatable bonds is 8. The Kier molecular flexibility index (Phi) is 6.15. The fraction of sp³-hybridized carbons (Fsp3) is 0.294. The lowest BCUT2D eigenvalue weighted by atomic mass is 10.2. The Morgan fingerprint density at radius 3 is 2.17 bits per heavy atom. The van der Waals surface area contributed by atoms with Crippen LogP contribution in [-0.2, 0) is 21.3 Å². The Morgan fingerprint density at radius 1 is 0.957 bits per heavy atom. The normalized spacial score (nSPS) is 11.6. The van der Waals surface area contributed by atoms with Gasteiger partial charge in [0.25, 0.3) is 0 Å². The maximum Gasteiger partial charge on any atom is 0.243 e. The van der Waals surface area contributed by atoms with E-state index in [-0.39, 0.29) is 4.90 Å². The smallest absolute Gasteiger partial charge is 0.243 e. The molecule has 0 saturated carbocycles. The molecule has 0 N–H and O–H groups in total. The molecule has 0 fully saturated rings. The number of hydrogen-bond acceptors (Lipinski definition) is 4. The SMILES string of the molecule is COCCN(Cc1ccccc1)S(=O)(=O)c1ccc(OC)cc1. The van der Waals surface area contributed by atoms with Crippen LogP contribution in [0, 0.1) is 0 Å². The van der Waals surface area contributed by atoms with Crippen LogP contribution in [0.4, 0.5) is 0 Å². The first-order valence-electron chi connectivity index (χ1n) is 7.25. The van der Waals surface area contributed by atoms with Crippen LogP contribution in [0.5, 0.6) is 5.75 Å². The molecule has 124 valence electrons. The van der Waals surface area contributed by atoms with Crippen molar-refractivity contribution in [2.45, 2.75) is 11.4 Å². The quantitative estimate of drug-likeness (QED) is 0.744. The summed E-state index contributed by atoms with van der Waals surface area (Å²) in [4.78, 5) is 0.241.